The Morgan fingerprint density at radius 2 is 1.67 bits per heavy atom. The normalized spacial score (nSPS) is 32.0. The molecule has 0 aromatic heterocycles. The Kier molecular flexibility index (Phi) is 3.04. The quantitative estimate of drug-likeness (QED) is 0.704. The molecule has 0 radical (unpaired) electrons. The van der Waals surface area contributed by atoms with Crippen LogP contribution < -0.4 is 5.32 Å². The van der Waals surface area contributed by atoms with Gasteiger partial charge < -0.3 is 5.32 Å². The third-order valence-electron chi connectivity index (χ3n) is 5.48. The monoisotopic (exact) mass is 319 g/mol. The first-order valence-electron chi connectivity index (χ1n) is 8.78. The van der Waals surface area contributed by atoms with Crippen LogP contribution in [-0.4, -0.2) is 11.9 Å². The van der Waals surface area contributed by atoms with Gasteiger partial charge in [0.05, 0.1) is 12.0 Å². The highest BCUT2D eigenvalue weighted by Crippen LogP contribution is 2.50. The van der Waals surface area contributed by atoms with Crippen molar-refractivity contribution in [1.29, 1.82) is 0 Å². The highest BCUT2D eigenvalue weighted by molar-refractivity contribution is 5.90. The summed E-state index contributed by atoms with van der Waals surface area (Å²) >= 11 is 0. The van der Waals surface area contributed by atoms with Gasteiger partial charge in [-0.3, -0.25) is 4.79 Å². The summed E-state index contributed by atoms with van der Waals surface area (Å²) in [4.78, 5) is 12.5. The van der Waals surface area contributed by atoms with Gasteiger partial charge in [0, 0.05) is 10.8 Å². The molecule has 1 amide bonds. The first-order chi connectivity index (χ1) is 11.2. The summed E-state index contributed by atoms with van der Waals surface area (Å²) in [6.07, 6.45) is 15.7. The van der Waals surface area contributed by atoms with Crippen LogP contribution in [0.15, 0.2) is 70.4 Å². The molecule has 1 heterocycles. The molecule has 1 fully saturated rings. The molecule has 0 spiro atoms. The number of carbonyl (C=O) groups excluding carboxylic acids is 1. The lowest BCUT2D eigenvalue weighted by atomic mass is 9.85. The van der Waals surface area contributed by atoms with Gasteiger partial charge in [-0.1, -0.05) is 70.2 Å². The average Bonchev–Trinajstić information content (AvgIpc) is 2.63. The van der Waals surface area contributed by atoms with Crippen LogP contribution >= 0.6 is 0 Å². The van der Waals surface area contributed by atoms with Crippen LogP contribution in [0.25, 0.3) is 0 Å². The summed E-state index contributed by atoms with van der Waals surface area (Å²) in [5, 5.41) is 3.25. The Balaban J connectivity index is 2.04. The summed E-state index contributed by atoms with van der Waals surface area (Å²) in [7, 11) is 0. The summed E-state index contributed by atoms with van der Waals surface area (Å²) < 4.78 is 0. The van der Waals surface area contributed by atoms with Crippen LogP contribution in [0, 0.1) is 16.7 Å². The Morgan fingerprint density at radius 1 is 1.00 bits per heavy atom. The van der Waals surface area contributed by atoms with Gasteiger partial charge in [0.15, 0.2) is 0 Å². The minimum absolute atomic E-state index is 0.00212. The lowest BCUT2D eigenvalue weighted by Crippen LogP contribution is -2.43. The fraction of sp³-hybridized carbons (Fsp3) is 0.409. The Bertz CT molecular complexity index is 824. The fourth-order valence-corrected chi connectivity index (χ4v) is 4.16. The molecule has 0 bridgehead atoms. The Labute approximate surface area is 144 Å². The van der Waals surface area contributed by atoms with Crippen LogP contribution in [0.5, 0.6) is 0 Å². The number of nitrogens with one attached hydrogen (secondary N) is 1. The molecule has 2 atom stereocenters. The summed E-state index contributed by atoms with van der Waals surface area (Å²) in [5.41, 5.74) is 6.27. The highest BCUT2D eigenvalue weighted by atomic mass is 16.2. The van der Waals surface area contributed by atoms with Gasteiger partial charge in [0.2, 0.25) is 5.91 Å². The zero-order valence-electron chi connectivity index (χ0n) is 15.1. The van der Waals surface area contributed by atoms with E-state index in [1.807, 2.05) is 6.92 Å². The predicted molar refractivity (Wildman–Crippen MR) is 98.2 cm³/mol. The second-order valence-electron chi connectivity index (χ2n) is 8.61. The van der Waals surface area contributed by atoms with E-state index < -0.39 is 0 Å². The van der Waals surface area contributed by atoms with Gasteiger partial charge in [0.1, 0.15) is 0 Å². The van der Waals surface area contributed by atoms with E-state index in [1.54, 1.807) is 0 Å². The molecular weight excluding hydrogens is 294 g/mol. The second-order valence-corrected chi connectivity index (χ2v) is 8.61. The van der Waals surface area contributed by atoms with E-state index in [9.17, 15) is 4.79 Å². The van der Waals surface area contributed by atoms with Crippen molar-refractivity contribution in [3.8, 4) is 0 Å². The molecule has 2 heteroatoms. The number of hydrogen-bond donors (Lipinski definition) is 1. The van der Waals surface area contributed by atoms with Gasteiger partial charge in [-0.05, 0) is 34.8 Å². The maximum absolute atomic E-state index is 12.5. The van der Waals surface area contributed by atoms with Crippen molar-refractivity contribution in [3.05, 3.63) is 70.4 Å². The number of hydrogen-bond acceptors (Lipinski definition) is 1. The minimum Gasteiger partial charge on any atom is -0.345 e. The molecule has 0 aromatic rings. The summed E-state index contributed by atoms with van der Waals surface area (Å²) in [6.45, 7) is 10.9. The molecule has 24 heavy (non-hydrogen) atoms. The van der Waals surface area contributed by atoms with Crippen molar-refractivity contribution in [1.82, 2.24) is 5.32 Å². The fourth-order valence-electron chi connectivity index (χ4n) is 4.16. The van der Waals surface area contributed by atoms with E-state index in [0.717, 1.165) is 0 Å². The van der Waals surface area contributed by atoms with Crippen molar-refractivity contribution in [3.63, 3.8) is 0 Å². The number of rotatable bonds is 0. The van der Waals surface area contributed by atoms with Crippen molar-refractivity contribution in [2.45, 2.75) is 40.7 Å². The van der Waals surface area contributed by atoms with E-state index in [2.05, 4.69) is 75.5 Å². The molecule has 1 saturated carbocycles. The molecule has 2 unspecified atom stereocenters. The Hall–Kier alpha value is -2.09. The van der Waals surface area contributed by atoms with Crippen LogP contribution in [0.2, 0.25) is 0 Å². The average molecular weight is 319 g/mol. The standard InChI is InChI=1S/C22H25NO/c1-13-14-8-10-22(4,5)12-17-16-11-21(2,3)9-6-7-15(16)19(18(14)17)23-20(13)24/h6-13,19H,1-5H3,(H,23,24). The largest absolute Gasteiger partial charge is 0.345 e. The highest BCUT2D eigenvalue weighted by Gasteiger charge is 2.44. The maximum Gasteiger partial charge on any atom is 0.228 e. The van der Waals surface area contributed by atoms with Gasteiger partial charge in [-0.15, -0.1) is 0 Å². The summed E-state index contributed by atoms with van der Waals surface area (Å²) in [5.74, 6) is 0.0222. The first kappa shape index (κ1) is 15.4. The molecule has 2 nitrogen and oxygen atoms in total. The smallest absolute Gasteiger partial charge is 0.228 e. The molecule has 3 aliphatic carbocycles. The molecular formula is C22H25NO. The van der Waals surface area contributed by atoms with Crippen LogP contribution in [0.3, 0.4) is 0 Å². The van der Waals surface area contributed by atoms with Crippen molar-refractivity contribution < 1.29 is 4.79 Å². The van der Waals surface area contributed by atoms with Crippen molar-refractivity contribution in [2.24, 2.45) is 16.7 Å². The first-order valence-corrected chi connectivity index (χ1v) is 8.78. The van der Waals surface area contributed by atoms with E-state index >= 15 is 0 Å². The molecule has 4 rings (SSSR count). The molecule has 4 aliphatic rings. The molecule has 0 saturated heterocycles. The van der Waals surface area contributed by atoms with Crippen LogP contribution in [0.4, 0.5) is 0 Å². The number of fused-ring (bicyclic) bond motifs is 3. The van der Waals surface area contributed by atoms with Crippen LogP contribution in [0.1, 0.15) is 34.6 Å². The van der Waals surface area contributed by atoms with Gasteiger partial charge in [-0.2, -0.15) is 0 Å². The third kappa shape index (κ3) is 2.20. The molecule has 1 aliphatic heterocycles. The minimum atomic E-state index is -0.100. The van der Waals surface area contributed by atoms with Gasteiger partial charge in [0.25, 0.3) is 0 Å². The second kappa shape index (κ2) is 4.72. The predicted octanol–water partition coefficient (Wildman–Crippen LogP) is 4.40. The van der Waals surface area contributed by atoms with Crippen LogP contribution in [-0.2, 0) is 4.79 Å². The third-order valence-corrected chi connectivity index (χ3v) is 5.48. The lowest BCUT2D eigenvalue weighted by molar-refractivity contribution is -0.124. The molecule has 1 N–H and O–H groups in total. The van der Waals surface area contributed by atoms with E-state index in [1.165, 1.54) is 27.9 Å². The van der Waals surface area contributed by atoms with Gasteiger partial charge in [-0.25, -0.2) is 0 Å². The topological polar surface area (TPSA) is 29.1 Å². The number of amides is 1. The van der Waals surface area contributed by atoms with Crippen molar-refractivity contribution >= 4 is 5.91 Å². The summed E-state index contributed by atoms with van der Waals surface area (Å²) in [6, 6.07) is -0.0155. The molecule has 0 aromatic carbocycles. The van der Waals surface area contributed by atoms with E-state index in [-0.39, 0.29) is 28.7 Å². The number of allylic oxidation sites excluding steroid dienone is 7. The molecule has 124 valence electrons. The SMILES string of the molecule is CC1C(=O)NC2C3=CC=CC(C)(C)C=C3C3=CC(C)(C)C=CC1=C32. The zero-order chi connectivity index (χ0) is 17.3. The zero-order valence-corrected chi connectivity index (χ0v) is 15.1. The Morgan fingerprint density at radius 3 is 2.42 bits per heavy atom. The van der Waals surface area contributed by atoms with Gasteiger partial charge >= 0.3 is 0 Å². The lowest BCUT2D eigenvalue weighted by Gasteiger charge is -2.28. The number of carbonyl (C=O) groups is 1. The van der Waals surface area contributed by atoms with E-state index in [0.29, 0.717) is 0 Å². The van der Waals surface area contributed by atoms with Crippen molar-refractivity contribution in [2.75, 3.05) is 0 Å². The maximum atomic E-state index is 12.5. The van der Waals surface area contributed by atoms with E-state index in [4.69, 9.17) is 0 Å².